The van der Waals surface area contributed by atoms with Crippen LogP contribution >= 0.6 is 0 Å². The summed E-state index contributed by atoms with van der Waals surface area (Å²) in [7, 11) is 1.64. The Morgan fingerprint density at radius 1 is 1.05 bits per heavy atom. The molecule has 0 spiro atoms. The molecule has 2 atom stereocenters. The van der Waals surface area contributed by atoms with Crippen molar-refractivity contribution in [2.45, 2.75) is 25.6 Å². The van der Waals surface area contributed by atoms with Crippen molar-refractivity contribution in [3.8, 4) is 0 Å². The largest absolute Gasteiger partial charge is 0.386 e. The van der Waals surface area contributed by atoms with Crippen molar-refractivity contribution in [1.29, 1.82) is 0 Å². The SMILES string of the molecule is CCC(OCCOCCOC)C(O)c1ccccc1. The van der Waals surface area contributed by atoms with E-state index in [9.17, 15) is 5.11 Å². The number of methoxy groups -OCH3 is 1. The Balaban J connectivity index is 2.29. The standard InChI is InChI=1S/C15H24O4/c1-3-14(19-12-11-18-10-9-17-2)15(16)13-7-5-4-6-8-13/h4-8,14-16H,3,9-12H2,1-2H3. The monoisotopic (exact) mass is 268 g/mol. The first-order valence-corrected chi connectivity index (χ1v) is 6.70. The lowest BCUT2D eigenvalue weighted by molar-refractivity contribution is -0.0616. The molecule has 0 amide bonds. The number of aliphatic hydroxyl groups is 1. The highest BCUT2D eigenvalue weighted by atomic mass is 16.5. The van der Waals surface area contributed by atoms with E-state index in [0.29, 0.717) is 26.4 Å². The number of ether oxygens (including phenoxy) is 3. The molecule has 2 unspecified atom stereocenters. The molecule has 0 radical (unpaired) electrons. The maximum absolute atomic E-state index is 10.2. The van der Waals surface area contributed by atoms with Crippen LogP contribution in [0.15, 0.2) is 30.3 Å². The quantitative estimate of drug-likeness (QED) is 0.661. The average molecular weight is 268 g/mol. The smallest absolute Gasteiger partial charge is 0.105 e. The van der Waals surface area contributed by atoms with Gasteiger partial charge in [-0.25, -0.2) is 0 Å². The normalized spacial score (nSPS) is 14.3. The predicted octanol–water partition coefficient (Wildman–Crippen LogP) is 2.18. The zero-order valence-corrected chi connectivity index (χ0v) is 11.7. The molecule has 0 fully saturated rings. The molecule has 108 valence electrons. The molecule has 19 heavy (non-hydrogen) atoms. The van der Waals surface area contributed by atoms with Crippen molar-refractivity contribution in [2.24, 2.45) is 0 Å². The molecular weight excluding hydrogens is 244 g/mol. The summed E-state index contributed by atoms with van der Waals surface area (Å²) in [5.41, 5.74) is 0.884. The van der Waals surface area contributed by atoms with E-state index in [-0.39, 0.29) is 6.10 Å². The van der Waals surface area contributed by atoms with Crippen molar-refractivity contribution in [1.82, 2.24) is 0 Å². The second kappa shape index (κ2) is 9.92. The van der Waals surface area contributed by atoms with Crippen molar-refractivity contribution >= 4 is 0 Å². The second-order valence-electron chi connectivity index (χ2n) is 4.28. The third-order valence-electron chi connectivity index (χ3n) is 2.89. The van der Waals surface area contributed by atoms with Crippen LogP contribution in [0.4, 0.5) is 0 Å². The lowest BCUT2D eigenvalue weighted by Crippen LogP contribution is -2.23. The Hall–Kier alpha value is -0.940. The van der Waals surface area contributed by atoms with Crippen LogP contribution < -0.4 is 0 Å². The van der Waals surface area contributed by atoms with E-state index in [1.807, 2.05) is 37.3 Å². The topological polar surface area (TPSA) is 47.9 Å². The van der Waals surface area contributed by atoms with Crippen molar-refractivity contribution in [3.05, 3.63) is 35.9 Å². The number of benzene rings is 1. The van der Waals surface area contributed by atoms with Gasteiger partial charge in [0.1, 0.15) is 6.10 Å². The molecule has 1 rings (SSSR count). The molecule has 0 bridgehead atoms. The molecular formula is C15H24O4. The van der Waals surface area contributed by atoms with E-state index in [1.54, 1.807) is 7.11 Å². The summed E-state index contributed by atoms with van der Waals surface area (Å²) in [4.78, 5) is 0. The Morgan fingerprint density at radius 2 is 1.74 bits per heavy atom. The fraction of sp³-hybridized carbons (Fsp3) is 0.600. The molecule has 1 aromatic carbocycles. The molecule has 4 nitrogen and oxygen atoms in total. The summed E-state index contributed by atoms with van der Waals surface area (Å²) in [5.74, 6) is 0. The van der Waals surface area contributed by atoms with E-state index in [0.717, 1.165) is 12.0 Å². The maximum Gasteiger partial charge on any atom is 0.105 e. The third kappa shape index (κ3) is 6.16. The van der Waals surface area contributed by atoms with Crippen LogP contribution in [0, 0.1) is 0 Å². The maximum atomic E-state index is 10.2. The first-order chi connectivity index (χ1) is 9.29. The lowest BCUT2D eigenvalue weighted by atomic mass is 10.0. The van der Waals surface area contributed by atoms with Gasteiger partial charge >= 0.3 is 0 Å². The van der Waals surface area contributed by atoms with Crippen LogP contribution in [0.3, 0.4) is 0 Å². The minimum absolute atomic E-state index is 0.201. The molecule has 0 saturated carbocycles. The molecule has 1 N–H and O–H groups in total. The first-order valence-electron chi connectivity index (χ1n) is 6.70. The van der Waals surface area contributed by atoms with Gasteiger partial charge in [-0.2, -0.15) is 0 Å². The Morgan fingerprint density at radius 3 is 2.37 bits per heavy atom. The van der Waals surface area contributed by atoms with Gasteiger partial charge in [0.2, 0.25) is 0 Å². The number of rotatable bonds is 10. The van der Waals surface area contributed by atoms with E-state index in [4.69, 9.17) is 14.2 Å². The van der Waals surface area contributed by atoms with Crippen LogP contribution in [0.5, 0.6) is 0 Å². The highest BCUT2D eigenvalue weighted by molar-refractivity contribution is 5.18. The number of hydrogen-bond donors (Lipinski definition) is 1. The minimum atomic E-state index is -0.592. The Labute approximate surface area is 115 Å². The summed E-state index contributed by atoms with van der Waals surface area (Å²) >= 11 is 0. The van der Waals surface area contributed by atoms with Crippen LogP contribution in [0.2, 0.25) is 0 Å². The third-order valence-corrected chi connectivity index (χ3v) is 2.89. The van der Waals surface area contributed by atoms with E-state index >= 15 is 0 Å². The fourth-order valence-corrected chi connectivity index (χ4v) is 1.80. The fourth-order valence-electron chi connectivity index (χ4n) is 1.80. The molecule has 0 aliphatic rings. The van der Waals surface area contributed by atoms with Gasteiger partial charge < -0.3 is 19.3 Å². The summed E-state index contributed by atoms with van der Waals surface area (Å²) in [6.07, 6.45) is -0.0349. The summed E-state index contributed by atoms with van der Waals surface area (Å²) in [6, 6.07) is 9.58. The molecule has 4 heteroatoms. The molecule has 0 saturated heterocycles. The van der Waals surface area contributed by atoms with Crippen LogP contribution in [0.1, 0.15) is 25.0 Å². The summed E-state index contributed by atoms with van der Waals surface area (Å²) < 4.78 is 15.9. The van der Waals surface area contributed by atoms with Gasteiger partial charge in [0.15, 0.2) is 0 Å². The van der Waals surface area contributed by atoms with Crippen molar-refractivity contribution in [3.63, 3.8) is 0 Å². The van der Waals surface area contributed by atoms with E-state index in [2.05, 4.69) is 0 Å². The summed E-state index contributed by atoms with van der Waals surface area (Å²) in [5, 5.41) is 10.2. The Kier molecular flexibility index (Phi) is 8.41. The van der Waals surface area contributed by atoms with E-state index in [1.165, 1.54) is 0 Å². The molecule has 1 aromatic rings. The predicted molar refractivity (Wildman–Crippen MR) is 74.1 cm³/mol. The molecule has 0 heterocycles. The van der Waals surface area contributed by atoms with Gasteiger partial charge in [-0.1, -0.05) is 37.3 Å². The van der Waals surface area contributed by atoms with Crippen molar-refractivity contribution in [2.75, 3.05) is 33.5 Å². The van der Waals surface area contributed by atoms with Crippen molar-refractivity contribution < 1.29 is 19.3 Å². The molecule has 0 aromatic heterocycles. The zero-order valence-electron chi connectivity index (χ0n) is 11.7. The highest BCUT2D eigenvalue weighted by Gasteiger charge is 2.19. The van der Waals surface area contributed by atoms with Gasteiger partial charge in [-0.05, 0) is 12.0 Å². The zero-order chi connectivity index (χ0) is 13.9. The highest BCUT2D eigenvalue weighted by Crippen LogP contribution is 2.20. The van der Waals surface area contributed by atoms with Crippen LogP contribution in [0.25, 0.3) is 0 Å². The van der Waals surface area contributed by atoms with Crippen LogP contribution in [-0.2, 0) is 14.2 Å². The average Bonchev–Trinajstić information content (AvgIpc) is 2.47. The van der Waals surface area contributed by atoms with Gasteiger partial charge in [-0.15, -0.1) is 0 Å². The van der Waals surface area contributed by atoms with E-state index < -0.39 is 6.10 Å². The minimum Gasteiger partial charge on any atom is -0.386 e. The van der Waals surface area contributed by atoms with Gasteiger partial charge in [0.05, 0.1) is 32.5 Å². The number of hydrogen-bond acceptors (Lipinski definition) is 4. The number of aliphatic hydroxyl groups excluding tert-OH is 1. The molecule has 0 aliphatic heterocycles. The summed E-state index contributed by atoms with van der Waals surface area (Å²) in [6.45, 7) is 4.15. The first kappa shape index (κ1) is 16.1. The Bertz CT molecular complexity index is 315. The molecule has 0 aliphatic carbocycles. The second-order valence-corrected chi connectivity index (χ2v) is 4.28. The van der Waals surface area contributed by atoms with Crippen LogP contribution in [-0.4, -0.2) is 44.7 Å². The van der Waals surface area contributed by atoms with Gasteiger partial charge in [0, 0.05) is 7.11 Å². The lowest BCUT2D eigenvalue weighted by Gasteiger charge is -2.22. The van der Waals surface area contributed by atoms with Gasteiger partial charge in [-0.3, -0.25) is 0 Å². The van der Waals surface area contributed by atoms with Gasteiger partial charge in [0.25, 0.3) is 0 Å².